The topological polar surface area (TPSA) is 44.2 Å². The molecule has 0 aliphatic carbocycles. The first-order chi connectivity index (χ1) is 1.41. The highest BCUT2D eigenvalue weighted by molar-refractivity contribution is 9.18. The molecule has 3 N–H and O–H groups in total. The molecular formula is H3Br2NO. The van der Waals surface area contributed by atoms with Gasteiger partial charge in [-0.25, -0.2) is 2.92 Å². The average Bonchev–Trinajstić information content (AvgIpc) is 0.918. The van der Waals surface area contributed by atoms with Gasteiger partial charge in [-0.2, -0.15) is 0 Å². The number of rotatable bonds is 0. The Balaban J connectivity index is 0. The zero-order valence-corrected chi connectivity index (χ0v) is 5.04. The molecule has 0 fully saturated rings. The van der Waals surface area contributed by atoms with Crippen molar-refractivity contribution in [3.05, 3.63) is 0 Å². The maximum Gasteiger partial charge on any atom is 0.115 e. The van der Waals surface area contributed by atoms with Gasteiger partial charge in [0.2, 0.25) is 0 Å². The molecule has 0 heterocycles. The maximum absolute atomic E-state index is 3.88. The standard InChI is InChI=1S/Br2O.H3N/c1-3-2;/h;1H3. The Morgan fingerprint density at radius 3 is 1.25 bits per heavy atom. The van der Waals surface area contributed by atoms with Crippen molar-refractivity contribution < 1.29 is 2.92 Å². The second-order valence-electron chi connectivity index (χ2n) is 0.0583. The lowest BCUT2D eigenvalue weighted by Gasteiger charge is -1.48. The monoisotopic (exact) mass is 191 g/mol. The molecule has 0 aliphatic rings. The third-order valence-electron chi connectivity index (χ3n) is 0. The van der Waals surface area contributed by atoms with Gasteiger partial charge in [0.1, 0.15) is 32.5 Å². The molecular weight excluding hydrogens is 190 g/mol. The molecule has 0 saturated carbocycles. The molecule has 0 rings (SSSR count). The van der Waals surface area contributed by atoms with Gasteiger partial charge in [0.05, 0.1) is 0 Å². The van der Waals surface area contributed by atoms with Crippen LogP contribution in [0.15, 0.2) is 0 Å². The molecule has 0 aliphatic heterocycles. The normalized spacial score (nSPS) is 4.50. The molecule has 0 aromatic carbocycles. The van der Waals surface area contributed by atoms with Crippen molar-refractivity contribution in [3.63, 3.8) is 0 Å². The second kappa shape index (κ2) is 9.11. The summed E-state index contributed by atoms with van der Waals surface area (Å²) in [6, 6.07) is 0. The van der Waals surface area contributed by atoms with Crippen LogP contribution in [-0.2, 0) is 2.92 Å². The van der Waals surface area contributed by atoms with Gasteiger partial charge >= 0.3 is 0 Å². The van der Waals surface area contributed by atoms with Crippen molar-refractivity contribution in [3.8, 4) is 0 Å². The molecule has 0 atom stereocenters. The van der Waals surface area contributed by atoms with E-state index in [9.17, 15) is 0 Å². The van der Waals surface area contributed by atoms with E-state index in [0.717, 1.165) is 0 Å². The van der Waals surface area contributed by atoms with Crippen molar-refractivity contribution in [2.24, 2.45) is 0 Å². The van der Waals surface area contributed by atoms with Crippen molar-refractivity contribution in [1.82, 2.24) is 6.15 Å². The van der Waals surface area contributed by atoms with E-state index in [-0.39, 0.29) is 6.15 Å². The molecule has 0 radical (unpaired) electrons. The molecule has 0 bridgehead atoms. The Labute approximate surface area is 42.0 Å². The lowest BCUT2D eigenvalue weighted by Crippen LogP contribution is -1.10. The first-order valence-corrected chi connectivity index (χ1v) is 1.60. The minimum Gasteiger partial charge on any atom is -0.344 e. The van der Waals surface area contributed by atoms with Crippen molar-refractivity contribution in [1.29, 1.82) is 0 Å². The highest BCUT2D eigenvalue weighted by Crippen LogP contribution is 1.88. The van der Waals surface area contributed by atoms with E-state index < -0.39 is 0 Å². The number of halogens is 2. The van der Waals surface area contributed by atoms with Crippen LogP contribution < -0.4 is 6.15 Å². The molecule has 2 nitrogen and oxygen atoms in total. The molecule has 0 aromatic rings. The molecule has 4 heteroatoms. The Morgan fingerprint density at radius 2 is 1.25 bits per heavy atom. The van der Waals surface area contributed by atoms with Crippen LogP contribution in [0.2, 0.25) is 0 Å². The van der Waals surface area contributed by atoms with Crippen LogP contribution in [0.25, 0.3) is 0 Å². The van der Waals surface area contributed by atoms with Crippen LogP contribution in [0.3, 0.4) is 0 Å². The summed E-state index contributed by atoms with van der Waals surface area (Å²) in [4.78, 5) is 0. The van der Waals surface area contributed by atoms with Gasteiger partial charge in [0, 0.05) is 0 Å². The fourth-order valence-electron chi connectivity index (χ4n) is 0. The fourth-order valence-corrected chi connectivity index (χ4v) is 0. The van der Waals surface area contributed by atoms with Gasteiger partial charge in [-0.05, 0) is 0 Å². The van der Waals surface area contributed by atoms with Gasteiger partial charge < -0.3 is 6.15 Å². The van der Waals surface area contributed by atoms with Crippen molar-refractivity contribution in [2.45, 2.75) is 0 Å². The smallest absolute Gasteiger partial charge is 0.115 e. The number of hydrogen-bond acceptors (Lipinski definition) is 2. The molecule has 0 saturated heterocycles. The average molecular weight is 193 g/mol. The SMILES string of the molecule is BrOBr.N. The van der Waals surface area contributed by atoms with Crippen LogP contribution in [-0.4, -0.2) is 0 Å². The largest absolute Gasteiger partial charge is 0.344 e. The second-order valence-corrected chi connectivity index (χ2v) is 1.57. The quantitative estimate of drug-likeness (QED) is 0.636. The van der Waals surface area contributed by atoms with Crippen LogP contribution in [0.4, 0.5) is 0 Å². The molecule has 0 amide bonds. The number of hydrogen-bond donors (Lipinski definition) is 1. The summed E-state index contributed by atoms with van der Waals surface area (Å²) < 4.78 is 3.88. The van der Waals surface area contributed by atoms with Crippen LogP contribution in [0.5, 0.6) is 0 Å². The minimum absolute atomic E-state index is 0. The molecule has 28 valence electrons. The van der Waals surface area contributed by atoms with E-state index >= 15 is 0 Å². The summed E-state index contributed by atoms with van der Waals surface area (Å²) in [7, 11) is 0. The third kappa shape index (κ3) is 13.1. The van der Waals surface area contributed by atoms with E-state index in [0.29, 0.717) is 0 Å². The Kier molecular flexibility index (Phi) is 20.2. The summed E-state index contributed by atoms with van der Waals surface area (Å²) in [5.74, 6) is 0. The van der Waals surface area contributed by atoms with Crippen molar-refractivity contribution in [2.75, 3.05) is 0 Å². The summed E-state index contributed by atoms with van der Waals surface area (Å²) in [6.07, 6.45) is 0. The van der Waals surface area contributed by atoms with Gasteiger partial charge in [-0.3, -0.25) is 0 Å². The summed E-state index contributed by atoms with van der Waals surface area (Å²) in [5.41, 5.74) is 0. The Bertz CT molecular complexity index is 6.00. The van der Waals surface area contributed by atoms with Crippen LogP contribution in [0.1, 0.15) is 0 Å². The molecule has 0 spiro atoms. The minimum atomic E-state index is 0. The van der Waals surface area contributed by atoms with Gasteiger partial charge in [0.15, 0.2) is 0 Å². The zero-order valence-electron chi connectivity index (χ0n) is 1.87. The van der Waals surface area contributed by atoms with E-state index in [1.807, 2.05) is 0 Å². The van der Waals surface area contributed by atoms with Crippen molar-refractivity contribution >= 4 is 32.5 Å². The highest BCUT2D eigenvalue weighted by Gasteiger charge is 1.37. The van der Waals surface area contributed by atoms with Crippen LogP contribution in [0, 0.1) is 0 Å². The van der Waals surface area contributed by atoms with E-state index in [1.54, 1.807) is 0 Å². The van der Waals surface area contributed by atoms with E-state index in [4.69, 9.17) is 0 Å². The molecule has 4 heavy (non-hydrogen) atoms. The van der Waals surface area contributed by atoms with Gasteiger partial charge in [-0.15, -0.1) is 0 Å². The fraction of sp³-hybridized carbons (Fsp3) is 0. The summed E-state index contributed by atoms with van der Waals surface area (Å²) in [5, 5.41) is 0. The summed E-state index contributed by atoms with van der Waals surface area (Å²) in [6.45, 7) is 0. The Morgan fingerprint density at radius 1 is 1.25 bits per heavy atom. The van der Waals surface area contributed by atoms with Crippen LogP contribution >= 0.6 is 32.5 Å². The van der Waals surface area contributed by atoms with E-state index in [1.165, 1.54) is 0 Å². The zero-order chi connectivity index (χ0) is 2.71. The first-order valence-electron chi connectivity index (χ1n) is 0.309. The highest BCUT2D eigenvalue weighted by atomic mass is 79.9. The first kappa shape index (κ1) is 8.86. The lowest BCUT2D eigenvalue weighted by atomic mass is 14.0. The lowest BCUT2D eigenvalue weighted by molar-refractivity contribution is 0.838. The maximum atomic E-state index is 3.88. The molecule has 0 aromatic heterocycles. The third-order valence-corrected chi connectivity index (χ3v) is 0. The predicted octanol–water partition coefficient (Wildman–Crippen LogP) is 1.78. The summed E-state index contributed by atoms with van der Waals surface area (Å²) >= 11 is 5.12. The Hall–Kier alpha value is 0.880. The predicted molar refractivity (Wildman–Crippen MR) is 24.0 cm³/mol. The van der Waals surface area contributed by atoms with Gasteiger partial charge in [0.25, 0.3) is 0 Å². The van der Waals surface area contributed by atoms with Gasteiger partial charge in [-0.1, -0.05) is 0 Å². The van der Waals surface area contributed by atoms with E-state index in [2.05, 4.69) is 35.4 Å². The molecule has 0 unspecified atom stereocenters.